The van der Waals surface area contributed by atoms with Crippen molar-refractivity contribution < 1.29 is 14.7 Å². The number of aromatic carboxylic acids is 1. The van der Waals surface area contributed by atoms with Crippen LogP contribution in [-0.4, -0.2) is 53.0 Å². The molecular weight excluding hydrogens is 258 g/mol. The Morgan fingerprint density at radius 3 is 2.70 bits per heavy atom. The summed E-state index contributed by atoms with van der Waals surface area (Å²) in [7, 11) is 0. The van der Waals surface area contributed by atoms with E-state index in [1.165, 1.54) is 18.3 Å². The Labute approximate surface area is 118 Å². The summed E-state index contributed by atoms with van der Waals surface area (Å²) < 4.78 is 0. The SMILES string of the molecule is CCCN(CC)CCNC(=O)c1ncccc1C(=O)O. The molecule has 0 saturated heterocycles. The summed E-state index contributed by atoms with van der Waals surface area (Å²) in [6, 6.07) is 2.87. The van der Waals surface area contributed by atoms with Gasteiger partial charge in [0.05, 0.1) is 5.56 Å². The van der Waals surface area contributed by atoms with Gasteiger partial charge in [-0.25, -0.2) is 4.79 Å². The van der Waals surface area contributed by atoms with Gasteiger partial charge in [0.1, 0.15) is 5.69 Å². The monoisotopic (exact) mass is 279 g/mol. The average Bonchev–Trinajstić information content (AvgIpc) is 2.46. The summed E-state index contributed by atoms with van der Waals surface area (Å²) in [5.41, 5.74) is -0.121. The van der Waals surface area contributed by atoms with E-state index >= 15 is 0 Å². The van der Waals surface area contributed by atoms with E-state index in [4.69, 9.17) is 5.11 Å². The van der Waals surface area contributed by atoms with Crippen molar-refractivity contribution in [2.75, 3.05) is 26.2 Å². The zero-order valence-electron chi connectivity index (χ0n) is 11.9. The maximum absolute atomic E-state index is 11.9. The second-order valence-corrected chi connectivity index (χ2v) is 4.39. The molecule has 0 aromatic carbocycles. The minimum absolute atomic E-state index is 0.0430. The summed E-state index contributed by atoms with van der Waals surface area (Å²) in [5, 5.41) is 11.7. The molecule has 1 amide bonds. The van der Waals surface area contributed by atoms with Crippen LogP contribution in [0.2, 0.25) is 0 Å². The van der Waals surface area contributed by atoms with Crippen LogP contribution in [0.15, 0.2) is 18.3 Å². The molecule has 1 aromatic rings. The van der Waals surface area contributed by atoms with Crippen molar-refractivity contribution in [3.8, 4) is 0 Å². The number of nitrogens with zero attached hydrogens (tertiary/aromatic N) is 2. The molecule has 20 heavy (non-hydrogen) atoms. The quantitative estimate of drug-likeness (QED) is 0.748. The molecule has 1 heterocycles. The molecule has 6 heteroatoms. The van der Waals surface area contributed by atoms with Crippen LogP contribution in [0.1, 0.15) is 41.1 Å². The molecule has 0 unspecified atom stereocenters. The number of carbonyl (C=O) groups is 2. The number of likely N-dealkylation sites (N-methyl/N-ethyl adjacent to an activating group) is 1. The predicted molar refractivity (Wildman–Crippen MR) is 75.9 cm³/mol. The van der Waals surface area contributed by atoms with E-state index in [0.717, 1.165) is 26.1 Å². The Bertz CT molecular complexity index is 463. The summed E-state index contributed by atoms with van der Waals surface area (Å²) in [6.07, 6.45) is 2.47. The van der Waals surface area contributed by atoms with Crippen LogP contribution >= 0.6 is 0 Å². The van der Waals surface area contributed by atoms with Crippen molar-refractivity contribution in [3.05, 3.63) is 29.6 Å². The van der Waals surface area contributed by atoms with Crippen molar-refractivity contribution in [1.82, 2.24) is 15.2 Å². The molecule has 2 N–H and O–H groups in total. The molecule has 1 rings (SSSR count). The first-order valence-corrected chi connectivity index (χ1v) is 6.79. The lowest BCUT2D eigenvalue weighted by Gasteiger charge is -2.19. The molecule has 0 saturated carbocycles. The number of carboxylic acid groups (broad SMARTS) is 1. The number of carbonyl (C=O) groups excluding carboxylic acids is 1. The lowest BCUT2D eigenvalue weighted by atomic mass is 10.2. The third-order valence-corrected chi connectivity index (χ3v) is 2.95. The largest absolute Gasteiger partial charge is 0.478 e. The first kappa shape index (κ1) is 16.1. The van der Waals surface area contributed by atoms with E-state index in [0.29, 0.717) is 6.54 Å². The number of nitrogens with one attached hydrogen (secondary N) is 1. The molecule has 0 spiro atoms. The lowest BCUT2D eigenvalue weighted by Crippen LogP contribution is -2.36. The molecule has 0 radical (unpaired) electrons. The molecule has 0 fully saturated rings. The fourth-order valence-electron chi connectivity index (χ4n) is 1.91. The van der Waals surface area contributed by atoms with Gasteiger partial charge in [0.2, 0.25) is 0 Å². The van der Waals surface area contributed by atoms with Crippen LogP contribution in [0.3, 0.4) is 0 Å². The van der Waals surface area contributed by atoms with Gasteiger partial charge in [-0.3, -0.25) is 9.78 Å². The maximum Gasteiger partial charge on any atom is 0.338 e. The third kappa shape index (κ3) is 4.62. The van der Waals surface area contributed by atoms with E-state index in [9.17, 15) is 9.59 Å². The Hall–Kier alpha value is -1.95. The zero-order chi connectivity index (χ0) is 15.0. The normalized spacial score (nSPS) is 10.6. The number of amides is 1. The van der Waals surface area contributed by atoms with Gasteiger partial charge >= 0.3 is 5.97 Å². The van der Waals surface area contributed by atoms with Crippen LogP contribution in [-0.2, 0) is 0 Å². The van der Waals surface area contributed by atoms with Crippen molar-refractivity contribution in [2.45, 2.75) is 20.3 Å². The number of hydrogen-bond donors (Lipinski definition) is 2. The number of hydrogen-bond acceptors (Lipinski definition) is 4. The first-order valence-electron chi connectivity index (χ1n) is 6.79. The fourth-order valence-corrected chi connectivity index (χ4v) is 1.91. The van der Waals surface area contributed by atoms with Crippen LogP contribution in [0.5, 0.6) is 0 Å². The van der Waals surface area contributed by atoms with Crippen LogP contribution in [0, 0.1) is 0 Å². The van der Waals surface area contributed by atoms with Gasteiger partial charge in [-0.05, 0) is 31.6 Å². The Balaban J connectivity index is 2.57. The second-order valence-electron chi connectivity index (χ2n) is 4.39. The number of carboxylic acids is 1. The smallest absolute Gasteiger partial charge is 0.338 e. The van der Waals surface area contributed by atoms with Gasteiger partial charge in [-0.1, -0.05) is 13.8 Å². The maximum atomic E-state index is 11.9. The molecule has 0 bridgehead atoms. The molecule has 1 aromatic heterocycles. The number of rotatable bonds is 8. The summed E-state index contributed by atoms with van der Waals surface area (Å²) >= 11 is 0. The van der Waals surface area contributed by atoms with Crippen molar-refractivity contribution in [2.24, 2.45) is 0 Å². The Morgan fingerprint density at radius 1 is 1.35 bits per heavy atom. The molecular formula is C14H21N3O3. The predicted octanol–water partition coefficient (Wildman–Crippen LogP) is 1.24. The van der Waals surface area contributed by atoms with Gasteiger partial charge in [-0.15, -0.1) is 0 Å². The standard InChI is InChI=1S/C14H21N3O3/c1-3-9-17(4-2)10-8-16-13(18)12-11(14(19)20)6-5-7-15-12/h5-7H,3-4,8-10H2,1-2H3,(H,16,18)(H,19,20). The van der Waals surface area contributed by atoms with Crippen LogP contribution < -0.4 is 5.32 Å². The third-order valence-electron chi connectivity index (χ3n) is 2.95. The van der Waals surface area contributed by atoms with Crippen LogP contribution in [0.4, 0.5) is 0 Å². The molecule has 6 nitrogen and oxygen atoms in total. The average molecular weight is 279 g/mol. The number of aromatic nitrogens is 1. The van der Waals surface area contributed by atoms with E-state index < -0.39 is 11.9 Å². The highest BCUT2D eigenvalue weighted by molar-refractivity contribution is 6.03. The van der Waals surface area contributed by atoms with E-state index in [-0.39, 0.29) is 11.3 Å². The van der Waals surface area contributed by atoms with E-state index in [2.05, 4.69) is 29.0 Å². The Kier molecular flexibility index (Phi) is 6.66. The summed E-state index contributed by atoms with van der Waals surface area (Å²) in [4.78, 5) is 29.0. The van der Waals surface area contributed by atoms with Crippen LogP contribution in [0.25, 0.3) is 0 Å². The van der Waals surface area contributed by atoms with Gasteiger partial charge in [-0.2, -0.15) is 0 Å². The first-order chi connectivity index (χ1) is 9.60. The molecule has 0 aliphatic rings. The van der Waals surface area contributed by atoms with Gasteiger partial charge in [0, 0.05) is 19.3 Å². The number of pyridine rings is 1. The minimum atomic E-state index is -1.15. The van der Waals surface area contributed by atoms with Crippen molar-refractivity contribution >= 4 is 11.9 Å². The molecule has 0 atom stereocenters. The molecule has 110 valence electrons. The topological polar surface area (TPSA) is 82.5 Å². The van der Waals surface area contributed by atoms with E-state index in [1.807, 2.05) is 0 Å². The van der Waals surface area contributed by atoms with Crippen molar-refractivity contribution in [3.63, 3.8) is 0 Å². The van der Waals surface area contributed by atoms with E-state index in [1.54, 1.807) is 0 Å². The molecule has 0 aliphatic carbocycles. The lowest BCUT2D eigenvalue weighted by molar-refractivity contribution is 0.0690. The minimum Gasteiger partial charge on any atom is -0.478 e. The Morgan fingerprint density at radius 2 is 2.10 bits per heavy atom. The van der Waals surface area contributed by atoms with Gasteiger partial charge < -0.3 is 15.3 Å². The molecule has 0 aliphatic heterocycles. The van der Waals surface area contributed by atoms with Gasteiger partial charge in [0.25, 0.3) is 5.91 Å². The fraction of sp³-hybridized carbons (Fsp3) is 0.500. The summed E-state index contributed by atoms with van der Waals surface area (Å²) in [5.74, 6) is -1.60. The highest BCUT2D eigenvalue weighted by atomic mass is 16.4. The zero-order valence-corrected chi connectivity index (χ0v) is 11.9. The van der Waals surface area contributed by atoms with Gasteiger partial charge in [0.15, 0.2) is 0 Å². The summed E-state index contributed by atoms with van der Waals surface area (Å²) in [6.45, 7) is 7.30. The van der Waals surface area contributed by atoms with Crippen molar-refractivity contribution in [1.29, 1.82) is 0 Å². The highest BCUT2D eigenvalue weighted by Gasteiger charge is 2.17. The highest BCUT2D eigenvalue weighted by Crippen LogP contribution is 2.05. The second kappa shape index (κ2) is 8.27.